The number of carbonyl (C=O) groups is 3. The molecule has 0 bridgehead atoms. The van der Waals surface area contributed by atoms with Crippen molar-refractivity contribution >= 4 is 17.8 Å². The second-order valence-corrected chi connectivity index (χ2v) is 5.51. The maximum absolute atomic E-state index is 12.2. The van der Waals surface area contributed by atoms with E-state index in [4.69, 9.17) is 0 Å². The van der Waals surface area contributed by atoms with Crippen molar-refractivity contribution in [2.45, 2.75) is 46.1 Å². The molecule has 114 valence electrons. The van der Waals surface area contributed by atoms with Gasteiger partial charge in [-0.2, -0.15) is 0 Å². The van der Waals surface area contributed by atoms with Crippen molar-refractivity contribution in [1.29, 1.82) is 0 Å². The number of nitrogens with one attached hydrogen (secondary N) is 1. The summed E-state index contributed by atoms with van der Waals surface area (Å²) in [7, 11) is 0. The molecule has 0 aromatic rings. The number of hydrogen-bond acceptors (Lipinski definition) is 3. The van der Waals surface area contributed by atoms with Crippen molar-refractivity contribution in [2.75, 3.05) is 13.1 Å². The van der Waals surface area contributed by atoms with Gasteiger partial charge in [-0.05, 0) is 18.8 Å². The summed E-state index contributed by atoms with van der Waals surface area (Å²) in [5.74, 6) is -1.74. The molecule has 20 heavy (non-hydrogen) atoms. The molecule has 3 atom stereocenters. The second-order valence-electron chi connectivity index (χ2n) is 5.51. The van der Waals surface area contributed by atoms with Gasteiger partial charge in [0.1, 0.15) is 6.04 Å². The molecule has 1 rings (SSSR count). The Hall–Kier alpha value is -1.59. The van der Waals surface area contributed by atoms with Gasteiger partial charge in [0.25, 0.3) is 0 Å². The predicted molar refractivity (Wildman–Crippen MR) is 74.0 cm³/mol. The van der Waals surface area contributed by atoms with Crippen molar-refractivity contribution in [3.05, 3.63) is 0 Å². The third kappa shape index (κ3) is 4.21. The minimum atomic E-state index is -1.01. The van der Waals surface area contributed by atoms with Crippen LogP contribution >= 0.6 is 0 Å². The monoisotopic (exact) mass is 284 g/mol. The van der Waals surface area contributed by atoms with Gasteiger partial charge >= 0.3 is 5.97 Å². The van der Waals surface area contributed by atoms with E-state index < -0.39 is 12.0 Å². The summed E-state index contributed by atoms with van der Waals surface area (Å²) in [6.45, 7) is 6.24. The summed E-state index contributed by atoms with van der Waals surface area (Å²) in [6, 6.07) is -0.861. The van der Waals surface area contributed by atoms with Crippen LogP contribution in [0.4, 0.5) is 0 Å². The maximum atomic E-state index is 12.2. The highest BCUT2D eigenvalue weighted by molar-refractivity contribution is 5.86. The summed E-state index contributed by atoms with van der Waals surface area (Å²) in [6.07, 6.45) is 2.16. The molecule has 6 heteroatoms. The highest BCUT2D eigenvalue weighted by Crippen LogP contribution is 2.18. The van der Waals surface area contributed by atoms with Crippen molar-refractivity contribution in [1.82, 2.24) is 10.2 Å². The van der Waals surface area contributed by atoms with Crippen LogP contribution in [0.15, 0.2) is 0 Å². The average molecular weight is 284 g/mol. The summed E-state index contributed by atoms with van der Waals surface area (Å²) < 4.78 is 0. The first kappa shape index (κ1) is 16.5. The maximum Gasteiger partial charge on any atom is 0.326 e. The molecule has 6 nitrogen and oxygen atoms in total. The molecule has 0 spiro atoms. The fourth-order valence-corrected chi connectivity index (χ4v) is 2.43. The molecule has 1 saturated heterocycles. The molecule has 1 heterocycles. The Bertz CT molecular complexity index is 383. The van der Waals surface area contributed by atoms with Crippen molar-refractivity contribution in [3.63, 3.8) is 0 Å². The fraction of sp³-hybridized carbons (Fsp3) is 0.786. The van der Waals surface area contributed by atoms with E-state index in [1.54, 1.807) is 4.90 Å². The van der Waals surface area contributed by atoms with Crippen molar-refractivity contribution in [3.8, 4) is 0 Å². The van der Waals surface area contributed by atoms with Crippen molar-refractivity contribution in [2.24, 2.45) is 11.8 Å². The van der Waals surface area contributed by atoms with Gasteiger partial charge in [-0.3, -0.25) is 9.59 Å². The summed E-state index contributed by atoms with van der Waals surface area (Å²) >= 11 is 0. The lowest BCUT2D eigenvalue weighted by molar-refractivity contribution is -0.145. The van der Waals surface area contributed by atoms with Crippen LogP contribution in [-0.4, -0.2) is 46.9 Å². The lowest BCUT2D eigenvalue weighted by Gasteiger charge is -2.32. The first-order valence-electron chi connectivity index (χ1n) is 7.15. The Morgan fingerprint density at radius 1 is 1.40 bits per heavy atom. The first-order chi connectivity index (χ1) is 9.36. The number of rotatable bonds is 5. The van der Waals surface area contributed by atoms with Crippen LogP contribution in [0.5, 0.6) is 0 Å². The lowest BCUT2D eigenvalue weighted by Crippen LogP contribution is -2.51. The first-order valence-corrected chi connectivity index (χ1v) is 7.15. The summed E-state index contributed by atoms with van der Waals surface area (Å²) in [5.41, 5.74) is 0. The molecule has 1 aliphatic heterocycles. The zero-order chi connectivity index (χ0) is 15.3. The van der Waals surface area contributed by atoms with E-state index in [0.29, 0.717) is 25.9 Å². The third-order valence-electron chi connectivity index (χ3n) is 4.01. The quantitative estimate of drug-likeness (QED) is 0.784. The van der Waals surface area contributed by atoms with Crippen molar-refractivity contribution < 1.29 is 19.5 Å². The minimum Gasteiger partial charge on any atom is -0.480 e. The van der Waals surface area contributed by atoms with Crippen LogP contribution in [0.25, 0.3) is 0 Å². The Kier molecular flexibility index (Phi) is 5.98. The summed E-state index contributed by atoms with van der Waals surface area (Å²) in [5, 5.41) is 11.8. The Balaban J connectivity index is 2.64. The van der Waals surface area contributed by atoms with E-state index in [1.807, 2.05) is 13.8 Å². The molecular weight excluding hydrogens is 260 g/mol. The number of carbonyl (C=O) groups excluding carboxylic acids is 2. The van der Waals surface area contributed by atoms with Crippen LogP contribution in [0.3, 0.4) is 0 Å². The number of aliphatic carboxylic acids is 1. The Morgan fingerprint density at radius 3 is 2.55 bits per heavy atom. The lowest BCUT2D eigenvalue weighted by atomic mass is 9.94. The van der Waals surface area contributed by atoms with Gasteiger partial charge in [0, 0.05) is 20.0 Å². The fourth-order valence-electron chi connectivity index (χ4n) is 2.43. The number of likely N-dealkylation sites (tertiary alicyclic amines) is 1. The number of carboxylic acids is 1. The van der Waals surface area contributed by atoms with Crippen LogP contribution in [0.2, 0.25) is 0 Å². The molecular formula is C14H24N2O4. The van der Waals surface area contributed by atoms with E-state index in [1.165, 1.54) is 6.92 Å². The van der Waals surface area contributed by atoms with Gasteiger partial charge in [0.05, 0.1) is 5.92 Å². The van der Waals surface area contributed by atoms with E-state index in [0.717, 1.165) is 6.42 Å². The molecule has 0 aromatic heterocycles. The SMILES string of the molecule is CC[C@H](C)[C@H](NC(=O)C1CCCN(C(C)=O)C1)C(=O)O. The molecule has 2 N–H and O–H groups in total. The largest absolute Gasteiger partial charge is 0.480 e. The number of piperidine rings is 1. The molecule has 0 saturated carbocycles. The topological polar surface area (TPSA) is 86.7 Å². The minimum absolute atomic E-state index is 0.0424. The standard InChI is InChI=1S/C14H24N2O4/c1-4-9(2)12(14(19)20)15-13(18)11-6-5-7-16(8-11)10(3)17/h9,11-12H,4-8H2,1-3H3,(H,15,18)(H,19,20)/t9-,11?,12-/m0/s1. The highest BCUT2D eigenvalue weighted by atomic mass is 16.4. The van der Waals surface area contributed by atoms with Gasteiger partial charge in [0.15, 0.2) is 0 Å². The van der Waals surface area contributed by atoms with Crippen LogP contribution in [0.1, 0.15) is 40.0 Å². The molecule has 1 unspecified atom stereocenters. The number of hydrogen-bond donors (Lipinski definition) is 2. The molecule has 0 aromatic carbocycles. The van der Waals surface area contributed by atoms with E-state index in [2.05, 4.69) is 5.32 Å². The number of nitrogens with zero attached hydrogens (tertiary/aromatic N) is 1. The molecule has 2 amide bonds. The zero-order valence-corrected chi connectivity index (χ0v) is 12.4. The van der Waals surface area contributed by atoms with Crippen LogP contribution in [0, 0.1) is 11.8 Å². The van der Waals surface area contributed by atoms with Crippen LogP contribution in [-0.2, 0) is 14.4 Å². The zero-order valence-electron chi connectivity index (χ0n) is 12.4. The third-order valence-corrected chi connectivity index (χ3v) is 4.01. The van der Waals surface area contributed by atoms with E-state index in [-0.39, 0.29) is 23.7 Å². The number of amides is 2. The van der Waals surface area contributed by atoms with E-state index in [9.17, 15) is 19.5 Å². The Labute approximate surface area is 119 Å². The summed E-state index contributed by atoms with van der Waals surface area (Å²) in [4.78, 5) is 36.4. The highest BCUT2D eigenvalue weighted by Gasteiger charge is 2.31. The van der Waals surface area contributed by atoms with Gasteiger partial charge in [-0.15, -0.1) is 0 Å². The molecule has 1 fully saturated rings. The van der Waals surface area contributed by atoms with E-state index >= 15 is 0 Å². The molecule has 1 aliphatic rings. The average Bonchev–Trinajstić information content (AvgIpc) is 2.43. The molecule has 0 radical (unpaired) electrons. The number of carboxylic acid groups (broad SMARTS) is 1. The Morgan fingerprint density at radius 2 is 2.05 bits per heavy atom. The predicted octanol–water partition coefficient (Wildman–Crippen LogP) is 0.860. The normalized spacial score (nSPS) is 21.9. The van der Waals surface area contributed by atoms with Gasteiger partial charge in [0.2, 0.25) is 11.8 Å². The smallest absolute Gasteiger partial charge is 0.326 e. The van der Waals surface area contributed by atoms with Gasteiger partial charge < -0.3 is 15.3 Å². The van der Waals surface area contributed by atoms with Gasteiger partial charge in [-0.1, -0.05) is 20.3 Å². The molecule has 0 aliphatic carbocycles. The van der Waals surface area contributed by atoms with Gasteiger partial charge in [-0.25, -0.2) is 4.79 Å². The second kappa shape index (κ2) is 7.26. The van der Waals surface area contributed by atoms with Crippen LogP contribution < -0.4 is 5.32 Å².